The highest BCUT2D eigenvalue weighted by molar-refractivity contribution is 6.34. The van der Waals surface area contributed by atoms with Crippen molar-refractivity contribution in [3.05, 3.63) is 47.3 Å². The molecule has 3 saturated heterocycles. The Morgan fingerprint density at radius 1 is 1.24 bits per heavy atom. The van der Waals surface area contributed by atoms with E-state index in [2.05, 4.69) is 31.7 Å². The van der Waals surface area contributed by atoms with Crippen LogP contribution < -0.4 is 20.7 Å². The van der Waals surface area contributed by atoms with Crippen molar-refractivity contribution in [2.24, 2.45) is 0 Å². The molecule has 41 heavy (non-hydrogen) atoms. The average Bonchev–Trinajstić information content (AvgIpc) is 3.46. The van der Waals surface area contributed by atoms with Crippen molar-refractivity contribution in [3.63, 3.8) is 0 Å². The number of hydrogen-bond donors (Lipinski definition) is 2. The molecule has 3 atom stereocenters. The first-order chi connectivity index (χ1) is 19.5. The molecular weight excluding hydrogens is 562 g/mol. The quantitative estimate of drug-likeness (QED) is 0.304. The monoisotopic (exact) mass is 591 g/mol. The van der Waals surface area contributed by atoms with Crippen LogP contribution in [-0.2, 0) is 6.18 Å². The normalized spacial score (nSPS) is 24.8. The number of piperazine rings is 1. The summed E-state index contributed by atoms with van der Waals surface area (Å²) in [6, 6.07) is 3.93. The third-order valence-electron chi connectivity index (χ3n) is 8.38. The maximum Gasteiger partial charge on any atom is 0.421 e. The Balaban J connectivity index is 1.49. The molecule has 0 aliphatic carbocycles. The minimum atomic E-state index is -5.03. The molecule has 3 aliphatic rings. The fourth-order valence-electron chi connectivity index (χ4n) is 6.26. The van der Waals surface area contributed by atoms with Crippen molar-refractivity contribution in [1.29, 1.82) is 0 Å². The number of likely N-dealkylation sites (N-methyl/N-ethyl adjacent to an activating group) is 1. The maximum atomic E-state index is 14.6. The summed E-state index contributed by atoms with van der Waals surface area (Å²) < 4.78 is 62.5. The number of anilines is 2. The lowest BCUT2D eigenvalue weighted by molar-refractivity contribution is -0.139. The Bertz CT molecular complexity index is 1520. The van der Waals surface area contributed by atoms with Gasteiger partial charge in [0, 0.05) is 42.2 Å². The van der Waals surface area contributed by atoms with E-state index < -0.39 is 29.1 Å². The van der Waals surface area contributed by atoms with E-state index >= 15 is 0 Å². The minimum absolute atomic E-state index is 0.0665. The van der Waals surface area contributed by atoms with Gasteiger partial charge >= 0.3 is 12.2 Å². The van der Waals surface area contributed by atoms with Crippen LogP contribution in [0.4, 0.5) is 29.2 Å². The van der Waals surface area contributed by atoms with Crippen LogP contribution in [0, 0.1) is 5.82 Å². The van der Waals surface area contributed by atoms with Gasteiger partial charge in [-0.15, -0.1) is 6.58 Å². The number of nitrogens with one attached hydrogen (secondary N) is 1. The largest absolute Gasteiger partial charge is 0.462 e. The van der Waals surface area contributed by atoms with Crippen molar-refractivity contribution in [2.75, 3.05) is 43.9 Å². The molecule has 3 aromatic rings. The predicted molar refractivity (Wildman–Crippen MR) is 150 cm³/mol. The van der Waals surface area contributed by atoms with Crippen LogP contribution in [0.2, 0.25) is 5.02 Å². The van der Waals surface area contributed by atoms with Crippen LogP contribution >= 0.6 is 11.6 Å². The lowest BCUT2D eigenvalue weighted by atomic mass is 9.97. The van der Waals surface area contributed by atoms with Gasteiger partial charge in [-0.2, -0.15) is 23.1 Å². The fourth-order valence-corrected chi connectivity index (χ4v) is 6.51. The number of likely N-dealkylation sites (tertiary alicyclic amines) is 1. The van der Waals surface area contributed by atoms with E-state index in [1.165, 1.54) is 12.1 Å². The Hall–Kier alpha value is -3.22. The number of benzene rings is 1. The molecule has 0 radical (unpaired) electrons. The number of pyridine rings is 1. The molecule has 5 heterocycles. The van der Waals surface area contributed by atoms with E-state index in [1.807, 2.05) is 13.1 Å². The van der Waals surface area contributed by atoms with Gasteiger partial charge in [-0.25, -0.2) is 9.37 Å². The number of hydrogen-bond acceptors (Lipinski definition) is 8. The second-order valence-corrected chi connectivity index (χ2v) is 11.5. The summed E-state index contributed by atoms with van der Waals surface area (Å²) >= 11 is 6.59. The molecule has 6 rings (SSSR count). The zero-order valence-corrected chi connectivity index (χ0v) is 23.2. The molecule has 3 N–H and O–H groups in total. The molecule has 1 aromatic carbocycles. The molecule has 0 saturated carbocycles. The number of fused-ring (bicyclic) bond motifs is 3. The van der Waals surface area contributed by atoms with Gasteiger partial charge in [0.25, 0.3) is 0 Å². The summed E-state index contributed by atoms with van der Waals surface area (Å²) in [5.41, 5.74) is 3.26. The Morgan fingerprint density at radius 3 is 2.76 bits per heavy atom. The highest BCUT2D eigenvalue weighted by Gasteiger charge is 2.43. The third-order valence-corrected chi connectivity index (χ3v) is 8.70. The van der Waals surface area contributed by atoms with Crippen molar-refractivity contribution >= 4 is 34.1 Å². The Labute approximate surface area is 239 Å². The van der Waals surface area contributed by atoms with Gasteiger partial charge in [0.2, 0.25) is 0 Å². The highest BCUT2D eigenvalue weighted by Crippen LogP contribution is 2.43. The number of nitrogen functional groups attached to an aromatic ring is 1. The second-order valence-electron chi connectivity index (χ2n) is 11.1. The maximum absolute atomic E-state index is 14.6. The van der Waals surface area contributed by atoms with Crippen molar-refractivity contribution in [3.8, 4) is 17.3 Å². The molecule has 8 nitrogen and oxygen atoms in total. The zero-order valence-electron chi connectivity index (χ0n) is 22.4. The first-order valence-electron chi connectivity index (χ1n) is 13.5. The van der Waals surface area contributed by atoms with E-state index in [9.17, 15) is 17.6 Å². The fraction of sp³-hybridized carbons (Fsp3) is 0.464. The van der Waals surface area contributed by atoms with Crippen LogP contribution in [0.5, 0.6) is 6.01 Å². The van der Waals surface area contributed by atoms with Gasteiger partial charge in [0.05, 0.1) is 21.8 Å². The number of aromatic nitrogens is 3. The van der Waals surface area contributed by atoms with Gasteiger partial charge in [-0.1, -0.05) is 17.7 Å². The number of nitrogens with zero attached hydrogens (tertiary/aromatic N) is 5. The van der Waals surface area contributed by atoms with Crippen LogP contribution in [0.3, 0.4) is 0 Å². The van der Waals surface area contributed by atoms with E-state index in [-0.39, 0.29) is 34.2 Å². The van der Waals surface area contributed by atoms with Crippen LogP contribution in [0.25, 0.3) is 22.2 Å². The summed E-state index contributed by atoms with van der Waals surface area (Å²) in [6.07, 6.45) is 0.824. The van der Waals surface area contributed by atoms with Gasteiger partial charge in [-0.3, -0.25) is 0 Å². The molecule has 13 heteroatoms. The molecule has 0 amide bonds. The summed E-state index contributed by atoms with van der Waals surface area (Å²) in [4.78, 5) is 17.5. The van der Waals surface area contributed by atoms with E-state index in [0.717, 1.165) is 32.2 Å². The molecule has 218 valence electrons. The van der Waals surface area contributed by atoms with E-state index in [1.54, 1.807) is 0 Å². The SMILES string of the molecule is C=CC12CCC(CN(c3nc(OCC4CCCN4C)nc4cc(-c5nc(N)cc(F)c5C(F)(F)F)c(Cl)cc34)C1)N2. The first kappa shape index (κ1) is 27.9. The second kappa shape index (κ2) is 10.2. The number of halogens is 5. The lowest BCUT2D eigenvalue weighted by Crippen LogP contribution is -2.58. The number of nitrogens with two attached hydrogens (primary N) is 1. The number of alkyl halides is 3. The van der Waals surface area contributed by atoms with Gasteiger partial charge in [-0.05, 0) is 51.4 Å². The van der Waals surface area contributed by atoms with Gasteiger partial charge < -0.3 is 25.6 Å². The Morgan fingerprint density at radius 2 is 2.05 bits per heavy atom. The van der Waals surface area contributed by atoms with E-state index in [0.29, 0.717) is 42.5 Å². The molecule has 3 unspecified atom stereocenters. The van der Waals surface area contributed by atoms with Gasteiger partial charge in [0.15, 0.2) is 0 Å². The molecule has 2 aromatic heterocycles. The van der Waals surface area contributed by atoms with Crippen LogP contribution in [0.1, 0.15) is 31.2 Å². The first-order valence-corrected chi connectivity index (χ1v) is 13.9. The van der Waals surface area contributed by atoms with Gasteiger partial charge in [0.1, 0.15) is 29.6 Å². The number of ether oxygens (including phenoxy) is 1. The number of rotatable bonds is 6. The van der Waals surface area contributed by atoms with Crippen LogP contribution in [-0.4, -0.2) is 70.8 Å². The molecular formula is C28H30ClF4N7O. The molecule has 2 bridgehead atoms. The molecule has 3 fully saturated rings. The zero-order chi connectivity index (χ0) is 29.1. The average molecular weight is 592 g/mol. The molecule has 0 spiro atoms. The lowest BCUT2D eigenvalue weighted by Gasteiger charge is -2.40. The summed E-state index contributed by atoms with van der Waals surface area (Å²) in [5.74, 6) is -1.38. The third kappa shape index (κ3) is 5.17. The molecule has 3 aliphatic heterocycles. The topological polar surface area (TPSA) is 92.4 Å². The van der Waals surface area contributed by atoms with Crippen LogP contribution in [0.15, 0.2) is 30.9 Å². The summed E-state index contributed by atoms with van der Waals surface area (Å²) in [6.45, 7) is 6.61. The smallest absolute Gasteiger partial charge is 0.421 e. The minimum Gasteiger partial charge on any atom is -0.462 e. The standard InChI is InChI=1S/C28H30ClF4N7O/c1-3-27-7-6-15(38-27)12-40(14-27)25-18-9-19(29)17(24-23(28(31,32)33)20(30)11-22(34)36-24)10-21(18)35-26(37-25)41-13-16-5-4-8-39(16)2/h3,9-11,15-16,38H,1,4-8,12-14H2,2H3,(H2,34,36). The highest BCUT2D eigenvalue weighted by atomic mass is 35.5. The van der Waals surface area contributed by atoms with Crippen molar-refractivity contribution in [1.82, 2.24) is 25.2 Å². The van der Waals surface area contributed by atoms with E-state index in [4.69, 9.17) is 27.1 Å². The Kier molecular flexibility index (Phi) is 6.98. The predicted octanol–water partition coefficient (Wildman–Crippen LogP) is 5.06. The summed E-state index contributed by atoms with van der Waals surface area (Å²) in [7, 11) is 2.03. The summed E-state index contributed by atoms with van der Waals surface area (Å²) in [5, 5.41) is 4.09. The van der Waals surface area contributed by atoms with Crippen molar-refractivity contribution < 1.29 is 22.3 Å². The van der Waals surface area contributed by atoms with Crippen molar-refractivity contribution in [2.45, 2.75) is 49.5 Å².